The summed E-state index contributed by atoms with van der Waals surface area (Å²) in [4.78, 5) is 12.3. The number of ether oxygens (including phenoxy) is 2. The summed E-state index contributed by atoms with van der Waals surface area (Å²) in [6, 6.07) is 17.0. The molecule has 1 saturated carbocycles. The first-order chi connectivity index (χ1) is 12.0. The third-order valence-corrected chi connectivity index (χ3v) is 4.59. The van der Waals surface area contributed by atoms with Crippen molar-refractivity contribution < 1.29 is 14.3 Å². The number of carbonyl (C=O) groups is 1. The molecular formula is C20H18Cl2O3. The van der Waals surface area contributed by atoms with Gasteiger partial charge in [0.05, 0.1) is 5.41 Å². The molecule has 5 heteroatoms. The van der Waals surface area contributed by atoms with Crippen molar-refractivity contribution >= 4 is 29.2 Å². The molecule has 0 N–H and O–H groups in total. The molecule has 0 saturated heterocycles. The van der Waals surface area contributed by atoms with Crippen LogP contribution in [0.15, 0.2) is 65.2 Å². The van der Waals surface area contributed by atoms with Gasteiger partial charge in [0, 0.05) is 0 Å². The molecule has 130 valence electrons. The van der Waals surface area contributed by atoms with Crippen molar-refractivity contribution in [2.75, 3.05) is 0 Å². The first-order valence-electron chi connectivity index (χ1n) is 7.99. The van der Waals surface area contributed by atoms with Crippen LogP contribution in [0.5, 0.6) is 11.5 Å². The number of rotatable bonds is 6. The molecule has 0 aliphatic heterocycles. The number of hydrogen-bond donors (Lipinski definition) is 0. The number of carbonyl (C=O) groups excluding carboxylic acids is 1. The second kappa shape index (κ2) is 7.51. The fraction of sp³-hybridized carbons (Fsp3) is 0.250. The minimum atomic E-state index is -0.535. The Hall–Kier alpha value is -1.97. The summed E-state index contributed by atoms with van der Waals surface area (Å²) in [5.41, 5.74) is 0.334. The van der Waals surface area contributed by atoms with Crippen molar-refractivity contribution in [3.8, 4) is 11.5 Å². The van der Waals surface area contributed by atoms with E-state index in [9.17, 15) is 4.79 Å². The van der Waals surface area contributed by atoms with Crippen LogP contribution in [0, 0.1) is 11.3 Å². The van der Waals surface area contributed by atoms with Gasteiger partial charge in [-0.25, -0.2) is 0 Å². The number of esters is 1. The van der Waals surface area contributed by atoms with Gasteiger partial charge in [-0.05, 0) is 55.2 Å². The Bertz CT molecular complexity index is 785. The van der Waals surface area contributed by atoms with Crippen LogP contribution in [0.25, 0.3) is 0 Å². The fourth-order valence-corrected chi connectivity index (χ4v) is 2.97. The van der Waals surface area contributed by atoms with Gasteiger partial charge in [-0.3, -0.25) is 4.79 Å². The third kappa shape index (κ3) is 4.56. The summed E-state index contributed by atoms with van der Waals surface area (Å²) in [5, 5.41) is 0. The average molecular weight is 377 g/mol. The topological polar surface area (TPSA) is 35.5 Å². The molecule has 2 aromatic rings. The molecule has 0 radical (unpaired) electrons. The number of para-hydroxylation sites is 1. The summed E-state index contributed by atoms with van der Waals surface area (Å²) >= 11 is 11.3. The lowest BCUT2D eigenvalue weighted by atomic mass is 10.1. The van der Waals surface area contributed by atoms with Crippen molar-refractivity contribution in [2.24, 2.45) is 11.3 Å². The fourth-order valence-electron chi connectivity index (χ4n) is 2.66. The van der Waals surface area contributed by atoms with Gasteiger partial charge < -0.3 is 9.47 Å². The molecule has 2 unspecified atom stereocenters. The molecule has 3 rings (SSSR count). The van der Waals surface area contributed by atoms with E-state index in [1.165, 1.54) is 0 Å². The number of halogens is 2. The van der Waals surface area contributed by atoms with Crippen LogP contribution in [0.4, 0.5) is 0 Å². The highest BCUT2D eigenvalue weighted by molar-refractivity contribution is 6.55. The highest BCUT2D eigenvalue weighted by Crippen LogP contribution is 2.54. The van der Waals surface area contributed by atoms with E-state index in [-0.39, 0.29) is 23.0 Å². The Morgan fingerprint density at radius 2 is 1.88 bits per heavy atom. The van der Waals surface area contributed by atoms with Crippen LogP contribution in [-0.2, 0) is 16.1 Å². The molecule has 1 fully saturated rings. The average Bonchev–Trinajstić information content (AvgIpc) is 3.24. The van der Waals surface area contributed by atoms with Gasteiger partial charge in [-0.2, -0.15) is 0 Å². The molecule has 1 aliphatic carbocycles. The second-order valence-corrected chi connectivity index (χ2v) is 7.33. The predicted molar refractivity (Wildman–Crippen MR) is 98.8 cm³/mol. The monoisotopic (exact) mass is 376 g/mol. The molecule has 0 spiro atoms. The predicted octanol–water partition coefficient (Wildman–Crippen LogP) is 5.87. The first-order valence-corrected chi connectivity index (χ1v) is 8.75. The maximum atomic E-state index is 12.3. The van der Waals surface area contributed by atoms with Gasteiger partial charge in [-0.1, -0.05) is 53.5 Å². The van der Waals surface area contributed by atoms with E-state index in [1.807, 2.05) is 61.5 Å². The molecule has 25 heavy (non-hydrogen) atoms. The van der Waals surface area contributed by atoms with Crippen LogP contribution in [0.2, 0.25) is 0 Å². The van der Waals surface area contributed by atoms with Crippen LogP contribution < -0.4 is 4.74 Å². The maximum Gasteiger partial charge on any atom is 0.312 e. The Balaban J connectivity index is 1.58. The Labute approximate surface area is 157 Å². The van der Waals surface area contributed by atoms with Gasteiger partial charge in [0.25, 0.3) is 0 Å². The summed E-state index contributed by atoms with van der Waals surface area (Å²) < 4.78 is 11.4. The number of hydrogen-bond acceptors (Lipinski definition) is 3. The zero-order valence-electron chi connectivity index (χ0n) is 13.7. The number of allylic oxidation sites excluding steroid dienone is 1. The smallest absolute Gasteiger partial charge is 0.312 e. The highest BCUT2D eigenvalue weighted by Gasteiger charge is 2.56. The quantitative estimate of drug-likeness (QED) is 0.591. The molecular weight excluding hydrogens is 359 g/mol. The highest BCUT2D eigenvalue weighted by atomic mass is 35.5. The SMILES string of the molecule is CC1(C(=O)OCc2cccc(Oc3ccccc3)c2)CC1C=C(Cl)Cl. The van der Waals surface area contributed by atoms with E-state index in [0.29, 0.717) is 12.2 Å². The largest absolute Gasteiger partial charge is 0.460 e. The summed E-state index contributed by atoms with van der Waals surface area (Å²) in [7, 11) is 0. The molecule has 1 aliphatic rings. The first kappa shape index (κ1) is 17.8. The van der Waals surface area contributed by atoms with Crippen LogP contribution in [0.3, 0.4) is 0 Å². The summed E-state index contributed by atoms with van der Waals surface area (Å²) in [6.07, 6.45) is 2.39. The maximum absolute atomic E-state index is 12.3. The van der Waals surface area contributed by atoms with Crippen LogP contribution >= 0.6 is 23.2 Å². The lowest BCUT2D eigenvalue weighted by Gasteiger charge is -2.11. The molecule has 3 nitrogen and oxygen atoms in total. The van der Waals surface area contributed by atoms with E-state index in [0.717, 1.165) is 11.3 Å². The van der Waals surface area contributed by atoms with Gasteiger partial charge in [-0.15, -0.1) is 0 Å². The van der Waals surface area contributed by atoms with Gasteiger partial charge in [0.2, 0.25) is 0 Å². The van der Waals surface area contributed by atoms with Gasteiger partial charge in [0.1, 0.15) is 22.6 Å². The molecule has 0 amide bonds. The van der Waals surface area contributed by atoms with Crippen molar-refractivity contribution in [3.05, 3.63) is 70.7 Å². The standard InChI is InChI=1S/C20H18Cl2O3/c1-20(12-15(20)11-18(21)22)19(23)24-13-14-6-5-9-17(10-14)25-16-7-3-2-4-8-16/h2-11,15H,12-13H2,1H3. The zero-order valence-corrected chi connectivity index (χ0v) is 15.3. The van der Waals surface area contributed by atoms with Crippen LogP contribution in [0.1, 0.15) is 18.9 Å². The van der Waals surface area contributed by atoms with Crippen molar-refractivity contribution in [3.63, 3.8) is 0 Å². The molecule has 2 atom stereocenters. The van der Waals surface area contributed by atoms with Crippen molar-refractivity contribution in [1.82, 2.24) is 0 Å². The van der Waals surface area contributed by atoms with E-state index >= 15 is 0 Å². The summed E-state index contributed by atoms with van der Waals surface area (Å²) in [6.45, 7) is 2.06. The Morgan fingerprint density at radius 3 is 2.60 bits per heavy atom. The minimum Gasteiger partial charge on any atom is -0.460 e. The van der Waals surface area contributed by atoms with E-state index < -0.39 is 5.41 Å². The van der Waals surface area contributed by atoms with Crippen molar-refractivity contribution in [2.45, 2.75) is 20.0 Å². The number of benzene rings is 2. The molecule has 0 heterocycles. The molecule has 0 aromatic heterocycles. The lowest BCUT2D eigenvalue weighted by Crippen LogP contribution is -2.17. The summed E-state index contributed by atoms with van der Waals surface area (Å²) in [5.74, 6) is 1.26. The van der Waals surface area contributed by atoms with Gasteiger partial charge >= 0.3 is 5.97 Å². The zero-order chi connectivity index (χ0) is 17.9. The Kier molecular flexibility index (Phi) is 5.36. The third-order valence-electron chi connectivity index (χ3n) is 4.34. The molecule has 0 bridgehead atoms. The minimum absolute atomic E-state index is 0.0396. The lowest BCUT2D eigenvalue weighted by molar-refractivity contribution is -0.151. The van der Waals surface area contributed by atoms with Crippen LogP contribution in [-0.4, -0.2) is 5.97 Å². The second-order valence-electron chi connectivity index (χ2n) is 6.32. The van der Waals surface area contributed by atoms with Gasteiger partial charge in [0.15, 0.2) is 0 Å². The molecule has 2 aromatic carbocycles. The van der Waals surface area contributed by atoms with E-state index in [4.69, 9.17) is 32.7 Å². The Morgan fingerprint density at radius 1 is 1.16 bits per heavy atom. The normalized spacial score (nSPS) is 21.3. The van der Waals surface area contributed by atoms with E-state index in [1.54, 1.807) is 6.08 Å². The van der Waals surface area contributed by atoms with Crippen molar-refractivity contribution in [1.29, 1.82) is 0 Å². The van der Waals surface area contributed by atoms with E-state index in [2.05, 4.69) is 0 Å².